The quantitative estimate of drug-likeness (QED) is 0.819. The summed E-state index contributed by atoms with van der Waals surface area (Å²) in [6.45, 7) is 4.38. The zero-order valence-corrected chi connectivity index (χ0v) is 9.82. The van der Waals surface area contributed by atoms with E-state index in [9.17, 15) is 4.79 Å². The number of aliphatic hydroxyl groups excluding tert-OH is 1. The van der Waals surface area contributed by atoms with Crippen LogP contribution in [0.25, 0.3) is 11.0 Å². The SMILES string of the molecule is Cc1cc2c(cc1C)n(CCO)c(=O)n2C. The number of fused-ring (bicyclic) bond motifs is 1. The summed E-state index contributed by atoms with van der Waals surface area (Å²) < 4.78 is 3.24. The first-order valence-electron chi connectivity index (χ1n) is 5.33. The fourth-order valence-corrected chi connectivity index (χ4v) is 1.97. The van der Waals surface area contributed by atoms with Gasteiger partial charge in [0.2, 0.25) is 0 Å². The normalized spacial score (nSPS) is 11.2. The van der Waals surface area contributed by atoms with Crippen LogP contribution in [0.3, 0.4) is 0 Å². The van der Waals surface area contributed by atoms with E-state index in [4.69, 9.17) is 5.11 Å². The lowest BCUT2D eigenvalue weighted by molar-refractivity contribution is 0.275. The highest BCUT2D eigenvalue weighted by molar-refractivity contribution is 5.78. The second-order valence-electron chi connectivity index (χ2n) is 4.14. The van der Waals surface area contributed by atoms with Crippen molar-refractivity contribution in [2.75, 3.05) is 6.61 Å². The largest absolute Gasteiger partial charge is 0.395 e. The summed E-state index contributed by atoms with van der Waals surface area (Å²) in [6.07, 6.45) is 0. The molecule has 0 aliphatic heterocycles. The Hall–Kier alpha value is -1.55. The molecule has 86 valence electrons. The zero-order chi connectivity index (χ0) is 11.9. The number of hydrogen-bond acceptors (Lipinski definition) is 2. The van der Waals surface area contributed by atoms with E-state index in [1.165, 1.54) is 5.56 Å². The van der Waals surface area contributed by atoms with E-state index in [0.29, 0.717) is 6.54 Å². The standard InChI is InChI=1S/C12H16N2O2/c1-8-6-10-11(7-9(8)2)14(4-5-15)12(16)13(10)3/h6-7,15H,4-5H2,1-3H3. The van der Waals surface area contributed by atoms with Crippen molar-refractivity contribution in [1.82, 2.24) is 9.13 Å². The summed E-state index contributed by atoms with van der Waals surface area (Å²) in [6, 6.07) is 4.02. The Kier molecular flexibility index (Phi) is 2.59. The molecule has 1 aromatic carbocycles. The van der Waals surface area contributed by atoms with Gasteiger partial charge in [-0.25, -0.2) is 4.79 Å². The summed E-state index contributed by atoms with van der Waals surface area (Å²) in [5.74, 6) is 0. The maximum atomic E-state index is 11.9. The van der Waals surface area contributed by atoms with Crippen molar-refractivity contribution >= 4 is 11.0 Å². The Bertz CT molecular complexity index is 593. The molecule has 1 aromatic heterocycles. The van der Waals surface area contributed by atoms with Gasteiger partial charge in [0.15, 0.2) is 0 Å². The van der Waals surface area contributed by atoms with Gasteiger partial charge < -0.3 is 5.11 Å². The second kappa shape index (κ2) is 3.79. The molecule has 16 heavy (non-hydrogen) atoms. The minimum atomic E-state index is -0.0750. The first kappa shape index (κ1) is 11.0. The molecule has 2 aromatic rings. The molecule has 1 heterocycles. The number of imidazole rings is 1. The molecule has 0 unspecified atom stereocenters. The molecular weight excluding hydrogens is 204 g/mol. The molecule has 0 spiro atoms. The number of rotatable bonds is 2. The number of aliphatic hydroxyl groups is 1. The molecule has 0 saturated carbocycles. The van der Waals surface area contributed by atoms with Crippen molar-refractivity contribution < 1.29 is 5.11 Å². The Morgan fingerprint density at radius 1 is 1.19 bits per heavy atom. The van der Waals surface area contributed by atoms with E-state index >= 15 is 0 Å². The van der Waals surface area contributed by atoms with E-state index < -0.39 is 0 Å². The number of nitrogens with zero attached hydrogens (tertiary/aromatic N) is 2. The molecule has 0 fully saturated rings. The smallest absolute Gasteiger partial charge is 0.328 e. The number of hydrogen-bond donors (Lipinski definition) is 1. The molecule has 0 bridgehead atoms. The van der Waals surface area contributed by atoms with Gasteiger partial charge in [0.05, 0.1) is 24.2 Å². The summed E-state index contributed by atoms with van der Waals surface area (Å²) in [4.78, 5) is 11.9. The van der Waals surface area contributed by atoms with Crippen LogP contribution in [0.5, 0.6) is 0 Å². The van der Waals surface area contributed by atoms with Crippen LogP contribution < -0.4 is 5.69 Å². The Morgan fingerprint density at radius 2 is 1.75 bits per heavy atom. The van der Waals surface area contributed by atoms with Gasteiger partial charge in [-0.1, -0.05) is 0 Å². The lowest BCUT2D eigenvalue weighted by atomic mass is 10.1. The third-order valence-electron chi connectivity index (χ3n) is 3.08. The van der Waals surface area contributed by atoms with E-state index in [-0.39, 0.29) is 12.3 Å². The molecule has 0 atom stereocenters. The number of aromatic nitrogens is 2. The number of aryl methyl sites for hydroxylation is 3. The van der Waals surface area contributed by atoms with E-state index in [1.54, 1.807) is 16.2 Å². The average molecular weight is 220 g/mol. The topological polar surface area (TPSA) is 47.2 Å². The fourth-order valence-electron chi connectivity index (χ4n) is 1.97. The molecule has 4 nitrogen and oxygen atoms in total. The number of benzene rings is 1. The van der Waals surface area contributed by atoms with Crippen molar-refractivity contribution in [3.8, 4) is 0 Å². The molecule has 0 amide bonds. The van der Waals surface area contributed by atoms with Crippen molar-refractivity contribution in [2.45, 2.75) is 20.4 Å². The van der Waals surface area contributed by atoms with Crippen molar-refractivity contribution in [2.24, 2.45) is 7.05 Å². The maximum absolute atomic E-state index is 11.9. The van der Waals surface area contributed by atoms with Gasteiger partial charge in [0, 0.05) is 7.05 Å². The minimum absolute atomic E-state index is 0.0219. The van der Waals surface area contributed by atoms with Crippen LogP contribution in [0.15, 0.2) is 16.9 Å². The summed E-state index contributed by atoms with van der Waals surface area (Å²) in [5.41, 5.74) is 4.06. The van der Waals surface area contributed by atoms with Crippen LogP contribution in [-0.2, 0) is 13.6 Å². The second-order valence-corrected chi connectivity index (χ2v) is 4.14. The first-order valence-corrected chi connectivity index (χ1v) is 5.33. The highest BCUT2D eigenvalue weighted by Crippen LogP contribution is 2.17. The van der Waals surface area contributed by atoms with Gasteiger partial charge in [0.25, 0.3) is 0 Å². The fraction of sp³-hybridized carbons (Fsp3) is 0.417. The highest BCUT2D eigenvalue weighted by Gasteiger charge is 2.11. The predicted octanol–water partition coefficient (Wildman–Crippen LogP) is 0.949. The van der Waals surface area contributed by atoms with Gasteiger partial charge >= 0.3 is 5.69 Å². The maximum Gasteiger partial charge on any atom is 0.328 e. The van der Waals surface area contributed by atoms with Crippen LogP contribution >= 0.6 is 0 Å². The summed E-state index contributed by atoms with van der Waals surface area (Å²) in [7, 11) is 1.76. The minimum Gasteiger partial charge on any atom is -0.395 e. The third-order valence-corrected chi connectivity index (χ3v) is 3.08. The Labute approximate surface area is 93.7 Å². The van der Waals surface area contributed by atoms with Crippen molar-refractivity contribution in [3.05, 3.63) is 33.7 Å². The van der Waals surface area contributed by atoms with Gasteiger partial charge in [-0.2, -0.15) is 0 Å². The van der Waals surface area contributed by atoms with Gasteiger partial charge in [-0.05, 0) is 37.1 Å². The third kappa shape index (κ3) is 1.46. The Balaban J connectivity index is 2.86. The molecule has 0 saturated heterocycles. The van der Waals surface area contributed by atoms with Crippen LogP contribution in [0, 0.1) is 13.8 Å². The van der Waals surface area contributed by atoms with Crippen molar-refractivity contribution in [3.63, 3.8) is 0 Å². The van der Waals surface area contributed by atoms with E-state index in [2.05, 4.69) is 0 Å². The average Bonchev–Trinajstić information content (AvgIpc) is 2.46. The van der Waals surface area contributed by atoms with Crippen molar-refractivity contribution in [1.29, 1.82) is 0 Å². The predicted molar refractivity (Wildman–Crippen MR) is 63.7 cm³/mol. The van der Waals surface area contributed by atoms with Gasteiger partial charge in [-0.3, -0.25) is 9.13 Å². The lowest BCUT2D eigenvalue weighted by Gasteiger charge is -2.03. The van der Waals surface area contributed by atoms with Gasteiger partial charge in [0.1, 0.15) is 0 Å². The van der Waals surface area contributed by atoms with E-state index in [0.717, 1.165) is 16.6 Å². The monoisotopic (exact) mass is 220 g/mol. The molecule has 0 aliphatic rings. The molecule has 1 N–H and O–H groups in total. The highest BCUT2D eigenvalue weighted by atomic mass is 16.3. The van der Waals surface area contributed by atoms with Crippen LogP contribution in [0.4, 0.5) is 0 Å². The molecule has 0 aliphatic carbocycles. The van der Waals surface area contributed by atoms with Crippen LogP contribution in [0.1, 0.15) is 11.1 Å². The molecule has 0 radical (unpaired) electrons. The summed E-state index contributed by atoms with van der Waals surface area (Å²) >= 11 is 0. The van der Waals surface area contributed by atoms with Crippen LogP contribution in [0.2, 0.25) is 0 Å². The summed E-state index contributed by atoms with van der Waals surface area (Å²) in [5, 5.41) is 8.97. The first-order chi connectivity index (χ1) is 7.56. The molecule has 4 heteroatoms. The van der Waals surface area contributed by atoms with Crippen LogP contribution in [-0.4, -0.2) is 20.8 Å². The van der Waals surface area contributed by atoms with E-state index in [1.807, 2.05) is 26.0 Å². The zero-order valence-electron chi connectivity index (χ0n) is 9.82. The lowest BCUT2D eigenvalue weighted by Crippen LogP contribution is -2.23. The molecule has 2 rings (SSSR count). The van der Waals surface area contributed by atoms with Gasteiger partial charge in [-0.15, -0.1) is 0 Å². The molecular formula is C12H16N2O2. The Morgan fingerprint density at radius 3 is 2.31 bits per heavy atom.